The number of halogens is 3. The van der Waals surface area contributed by atoms with Gasteiger partial charge in [0.15, 0.2) is 0 Å². The van der Waals surface area contributed by atoms with E-state index in [0.717, 1.165) is 7.11 Å². The summed E-state index contributed by atoms with van der Waals surface area (Å²) in [7, 11) is 0.974. The summed E-state index contributed by atoms with van der Waals surface area (Å²) in [6.07, 6.45) is -5.60. The molecule has 1 atom stereocenters. The summed E-state index contributed by atoms with van der Waals surface area (Å²) in [6.45, 7) is 0. The third kappa shape index (κ3) is 2.15. The summed E-state index contributed by atoms with van der Waals surface area (Å²) in [5.74, 6) is -4.37. The summed E-state index contributed by atoms with van der Waals surface area (Å²) < 4.78 is 40.6. The summed E-state index contributed by atoms with van der Waals surface area (Å²) >= 11 is 0. The highest BCUT2D eigenvalue weighted by Gasteiger charge is 2.51. The molecule has 1 rings (SSSR count). The van der Waals surface area contributed by atoms with E-state index in [1.165, 1.54) is 0 Å². The van der Waals surface area contributed by atoms with Gasteiger partial charge >= 0.3 is 18.1 Å². The van der Waals surface area contributed by atoms with Crippen LogP contribution in [-0.4, -0.2) is 42.0 Å². The Balaban J connectivity index is 2.95. The molecule has 0 aromatic rings. The second-order valence-electron chi connectivity index (χ2n) is 3.14. The number of likely N-dealkylation sites (tertiary alicyclic amines) is 1. The van der Waals surface area contributed by atoms with Crippen LogP contribution in [0.25, 0.3) is 0 Å². The molecule has 0 spiro atoms. The predicted octanol–water partition coefficient (Wildman–Crippen LogP) is 0.239. The Hall–Kier alpha value is -1.60. The van der Waals surface area contributed by atoms with Gasteiger partial charge in [0.2, 0.25) is 5.91 Å². The first-order valence-corrected chi connectivity index (χ1v) is 4.30. The van der Waals surface area contributed by atoms with Crippen molar-refractivity contribution in [3.8, 4) is 0 Å². The minimum absolute atomic E-state index is 0.0775. The quantitative estimate of drug-likeness (QED) is 0.615. The Morgan fingerprint density at radius 1 is 1.44 bits per heavy atom. The maximum atomic E-state index is 12.1. The molecule has 0 aromatic heterocycles. The molecule has 1 aliphatic rings. The molecule has 2 amide bonds. The zero-order valence-corrected chi connectivity index (χ0v) is 8.21. The molecule has 90 valence electrons. The molecule has 1 heterocycles. The fraction of sp³-hybridized carbons (Fsp3) is 0.625. The standard InChI is InChI=1S/C8H8F3NO4/c1-16-6(14)4-2-3-5(13)12(4)7(15)8(9,10)11/h4H,2-3H2,1H3. The van der Waals surface area contributed by atoms with Crippen LogP contribution in [0.4, 0.5) is 13.2 Å². The highest BCUT2D eigenvalue weighted by atomic mass is 19.4. The fourth-order valence-corrected chi connectivity index (χ4v) is 1.43. The average molecular weight is 239 g/mol. The van der Waals surface area contributed by atoms with Crippen molar-refractivity contribution in [1.29, 1.82) is 0 Å². The van der Waals surface area contributed by atoms with Crippen molar-refractivity contribution in [2.45, 2.75) is 25.1 Å². The number of hydrogen-bond donors (Lipinski definition) is 0. The number of rotatable bonds is 1. The van der Waals surface area contributed by atoms with Crippen LogP contribution in [0, 0.1) is 0 Å². The summed E-state index contributed by atoms with van der Waals surface area (Å²) in [4.78, 5) is 33.0. The Labute approximate surface area is 88.1 Å². The van der Waals surface area contributed by atoms with Crippen LogP contribution in [0.15, 0.2) is 0 Å². The molecule has 1 fully saturated rings. The molecule has 0 aromatic carbocycles. The first-order valence-electron chi connectivity index (χ1n) is 4.30. The van der Waals surface area contributed by atoms with Gasteiger partial charge in [0.1, 0.15) is 6.04 Å². The lowest BCUT2D eigenvalue weighted by molar-refractivity contribution is -0.190. The van der Waals surface area contributed by atoms with Crippen LogP contribution in [0.2, 0.25) is 0 Å². The van der Waals surface area contributed by atoms with Crippen molar-refractivity contribution in [3.05, 3.63) is 0 Å². The Morgan fingerprint density at radius 2 is 2.00 bits per heavy atom. The number of ether oxygens (including phenoxy) is 1. The maximum Gasteiger partial charge on any atom is 0.471 e. The topological polar surface area (TPSA) is 63.7 Å². The van der Waals surface area contributed by atoms with E-state index in [1.54, 1.807) is 0 Å². The monoisotopic (exact) mass is 239 g/mol. The van der Waals surface area contributed by atoms with E-state index in [0.29, 0.717) is 0 Å². The molecule has 0 N–H and O–H groups in total. The number of carbonyl (C=O) groups excluding carboxylic acids is 3. The van der Waals surface area contributed by atoms with Crippen LogP contribution in [0.5, 0.6) is 0 Å². The Morgan fingerprint density at radius 3 is 2.44 bits per heavy atom. The molecule has 0 bridgehead atoms. The zero-order valence-electron chi connectivity index (χ0n) is 8.21. The second-order valence-corrected chi connectivity index (χ2v) is 3.14. The highest BCUT2D eigenvalue weighted by Crippen LogP contribution is 2.26. The van der Waals surface area contributed by atoms with Crippen molar-refractivity contribution < 1.29 is 32.3 Å². The number of alkyl halides is 3. The largest absolute Gasteiger partial charge is 0.471 e. The third-order valence-corrected chi connectivity index (χ3v) is 2.15. The van der Waals surface area contributed by atoms with E-state index in [1.807, 2.05) is 0 Å². The molecular weight excluding hydrogens is 231 g/mol. The van der Waals surface area contributed by atoms with E-state index in [-0.39, 0.29) is 17.7 Å². The van der Waals surface area contributed by atoms with Gasteiger partial charge in [-0.25, -0.2) is 4.79 Å². The molecular formula is C8H8F3NO4. The zero-order chi connectivity index (χ0) is 12.5. The highest BCUT2D eigenvalue weighted by molar-refractivity contribution is 6.03. The number of hydrogen-bond acceptors (Lipinski definition) is 4. The fourth-order valence-electron chi connectivity index (χ4n) is 1.43. The lowest BCUT2D eigenvalue weighted by atomic mass is 10.2. The van der Waals surface area contributed by atoms with E-state index >= 15 is 0 Å². The van der Waals surface area contributed by atoms with Crippen molar-refractivity contribution in [1.82, 2.24) is 4.90 Å². The van der Waals surface area contributed by atoms with Crippen LogP contribution in [-0.2, 0) is 19.1 Å². The third-order valence-electron chi connectivity index (χ3n) is 2.15. The van der Waals surface area contributed by atoms with Crippen molar-refractivity contribution in [2.75, 3.05) is 7.11 Å². The minimum Gasteiger partial charge on any atom is -0.467 e. The van der Waals surface area contributed by atoms with Gasteiger partial charge in [-0.15, -0.1) is 0 Å². The summed E-state index contributed by atoms with van der Waals surface area (Å²) in [5, 5.41) is 0. The van der Waals surface area contributed by atoms with Crippen LogP contribution in [0.1, 0.15) is 12.8 Å². The molecule has 1 aliphatic heterocycles. The van der Waals surface area contributed by atoms with Crippen molar-refractivity contribution >= 4 is 17.8 Å². The van der Waals surface area contributed by atoms with Crippen LogP contribution >= 0.6 is 0 Å². The average Bonchev–Trinajstić information content (AvgIpc) is 2.56. The minimum atomic E-state index is -5.17. The van der Waals surface area contributed by atoms with Crippen molar-refractivity contribution in [3.63, 3.8) is 0 Å². The normalized spacial score (nSPS) is 21.1. The molecule has 5 nitrogen and oxygen atoms in total. The molecule has 0 saturated carbocycles. The lowest BCUT2D eigenvalue weighted by Crippen LogP contribution is -2.49. The van der Waals surface area contributed by atoms with E-state index < -0.39 is 30.0 Å². The molecule has 0 radical (unpaired) electrons. The Kier molecular flexibility index (Phi) is 3.20. The number of carbonyl (C=O) groups is 3. The van der Waals surface area contributed by atoms with Crippen LogP contribution < -0.4 is 0 Å². The van der Waals surface area contributed by atoms with Gasteiger partial charge in [-0.05, 0) is 6.42 Å². The van der Waals surface area contributed by atoms with Gasteiger partial charge in [-0.3, -0.25) is 14.5 Å². The van der Waals surface area contributed by atoms with Gasteiger partial charge < -0.3 is 4.74 Å². The number of methoxy groups -OCH3 is 1. The van der Waals surface area contributed by atoms with Gasteiger partial charge in [0.25, 0.3) is 0 Å². The molecule has 0 aliphatic carbocycles. The smallest absolute Gasteiger partial charge is 0.467 e. The predicted molar refractivity (Wildman–Crippen MR) is 42.9 cm³/mol. The number of imide groups is 1. The summed E-state index contributed by atoms with van der Waals surface area (Å²) in [5.41, 5.74) is 0. The first-order chi connectivity index (χ1) is 7.29. The van der Waals surface area contributed by atoms with E-state index in [2.05, 4.69) is 4.74 Å². The second kappa shape index (κ2) is 4.11. The van der Waals surface area contributed by atoms with Crippen LogP contribution in [0.3, 0.4) is 0 Å². The van der Waals surface area contributed by atoms with Gasteiger partial charge in [0, 0.05) is 6.42 Å². The maximum absolute atomic E-state index is 12.1. The molecule has 8 heteroatoms. The van der Waals surface area contributed by atoms with Crippen molar-refractivity contribution in [2.24, 2.45) is 0 Å². The van der Waals surface area contributed by atoms with Gasteiger partial charge in [-0.2, -0.15) is 13.2 Å². The van der Waals surface area contributed by atoms with E-state index in [9.17, 15) is 27.6 Å². The summed E-state index contributed by atoms with van der Waals surface area (Å²) in [6, 6.07) is -1.47. The van der Waals surface area contributed by atoms with E-state index in [4.69, 9.17) is 0 Å². The molecule has 1 saturated heterocycles. The SMILES string of the molecule is COC(=O)C1CCC(=O)N1C(=O)C(F)(F)F. The van der Waals surface area contributed by atoms with Gasteiger partial charge in [0.05, 0.1) is 7.11 Å². The molecule has 16 heavy (non-hydrogen) atoms. The number of nitrogens with zero attached hydrogens (tertiary/aromatic N) is 1. The molecule has 1 unspecified atom stereocenters. The van der Waals surface area contributed by atoms with Gasteiger partial charge in [-0.1, -0.05) is 0 Å². The lowest BCUT2D eigenvalue weighted by Gasteiger charge is -2.21. The number of amides is 2. The Bertz CT molecular complexity index is 339. The first kappa shape index (κ1) is 12.5. The number of esters is 1.